The predicted octanol–water partition coefficient (Wildman–Crippen LogP) is 3.86. The molecule has 2 rings (SSSR count). The van der Waals surface area contributed by atoms with Crippen molar-refractivity contribution in [3.63, 3.8) is 0 Å². The van der Waals surface area contributed by atoms with Crippen molar-refractivity contribution in [2.45, 2.75) is 12.3 Å². The van der Waals surface area contributed by atoms with Crippen LogP contribution in [0.3, 0.4) is 0 Å². The van der Waals surface area contributed by atoms with Gasteiger partial charge in [0.05, 0.1) is 10.6 Å². The largest absolute Gasteiger partial charge is 0.270 e. The van der Waals surface area contributed by atoms with E-state index in [1.54, 1.807) is 6.07 Å². The van der Waals surface area contributed by atoms with Crippen LogP contribution in [0, 0.1) is 17.0 Å². The molecule has 0 unspecified atom stereocenters. The van der Waals surface area contributed by atoms with Crippen LogP contribution < -0.4 is 0 Å². The Kier molecular flexibility index (Phi) is 3.72. The number of nitro groups is 1. The zero-order chi connectivity index (χ0) is 13.1. The average Bonchev–Trinajstić information content (AvgIpc) is 2.38. The van der Waals surface area contributed by atoms with Gasteiger partial charge in [-0.1, -0.05) is 34.1 Å². The number of nitrogens with zero attached hydrogens (tertiary/aromatic N) is 2. The molecule has 0 spiro atoms. The van der Waals surface area contributed by atoms with E-state index in [-0.39, 0.29) is 5.69 Å². The molecule has 2 aromatic rings. The van der Waals surface area contributed by atoms with Crippen LogP contribution in [0.2, 0.25) is 0 Å². The van der Waals surface area contributed by atoms with Gasteiger partial charge in [0.2, 0.25) is 0 Å². The first-order chi connectivity index (χ1) is 8.61. The molecule has 0 amide bonds. The number of nitro benzene ring substituents is 1. The first kappa shape index (κ1) is 12.7. The third-order valence-electron chi connectivity index (χ3n) is 2.69. The number of aromatic nitrogens is 1. The summed E-state index contributed by atoms with van der Waals surface area (Å²) in [4.78, 5) is 14.8. The van der Waals surface area contributed by atoms with Crippen LogP contribution in [0.4, 0.5) is 5.69 Å². The summed E-state index contributed by atoms with van der Waals surface area (Å²) < 4.78 is 0. The van der Waals surface area contributed by atoms with Crippen LogP contribution >= 0.6 is 15.9 Å². The van der Waals surface area contributed by atoms with Crippen molar-refractivity contribution in [3.8, 4) is 11.3 Å². The SMILES string of the molecule is Cc1nc(-c2cccc([N+](=O)[O-])c2)ccc1CBr. The Labute approximate surface area is 113 Å². The molecule has 0 saturated carbocycles. The van der Waals surface area contributed by atoms with Gasteiger partial charge in [-0.3, -0.25) is 15.1 Å². The van der Waals surface area contributed by atoms with Crippen LogP contribution in [0.5, 0.6) is 0 Å². The minimum atomic E-state index is -0.400. The van der Waals surface area contributed by atoms with E-state index in [4.69, 9.17) is 0 Å². The van der Waals surface area contributed by atoms with E-state index in [2.05, 4.69) is 20.9 Å². The maximum Gasteiger partial charge on any atom is 0.270 e. The lowest BCUT2D eigenvalue weighted by atomic mass is 10.1. The zero-order valence-corrected chi connectivity index (χ0v) is 11.3. The smallest absolute Gasteiger partial charge is 0.258 e. The van der Waals surface area contributed by atoms with Gasteiger partial charge in [-0.05, 0) is 18.6 Å². The molecular formula is C13H11BrN2O2. The van der Waals surface area contributed by atoms with Crippen molar-refractivity contribution in [1.29, 1.82) is 0 Å². The number of non-ortho nitro benzene ring substituents is 1. The number of hydrogen-bond donors (Lipinski definition) is 0. The molecule has 1 heterocycles. The third-order valence-corrected chi connectivity index (χ3v) is 3.30. The molecule has 1 aromatic heterocycles. The number of aryl methyl sites for hydroxylation is 1. The lowest BCUT2D eigenvalue weighted by Crippen LogP contribution is -1.93. The summed E-state index contributed by atoms with van der Waals surface area (Å²) in [7, 11) is 0. The Hall–Kier alpha value is -1.75. The molecule has 0 aliphatic rings. The third kappa shape index (κ3) is 2.56. The Balaban J connectivity index is 2.45. The molecule has 0 saturated heterocycles. The number of pyridine rings is 1. The van der Waals surface area contributed by atoms with Crippen LogP contribution in [-0.2, 0) is 5.33 Å². The van der Waals surface area contributed by atoms with Gasteiger partial charge in [-0.15, -0.1) is 0 Å². The minimum absolute atomic E-state index is 0.0801. The Morgan fingerprint density at radius 1 is 1.33 bits per heavy atom. The van der Waals surface area contributed by atoms with Crippen LogP contribution in [0.1, 0.15) is 11.3 Å². The molecule has 0 aliphatic heterocycles. The highest BCUT2D eigenvalue weighted by atomic mass is 79.9. The molecule has 92 valence electrons. The second-order valence-electron chi connectivity index (χ2n) is 3.88. The summed E-state index contributed by atoms with van der Waals surface area (Å²) in [6, 6.07) is 10.4. The molecule has 1 aromatic carbocycles. The van der Waals surface area contributed by atoms with Crippen molar-refractivity contribution >= 4 is 21.6 Å². The van der Waals surface area contributed by atoms with Gasteiger partial charge in [0, 0.05) is 28.7 Å². The average molecular weight is 307 g/mol. The quantitative estimate of drug-likeness (QED) is 0.491. The molecular weight excluding hydrogens is 296 g/mol. The van der Waals surface area contributed by atoms with E-state index in [1.165, 1.54) is 12.1 Å². The Morgan fingerprint density at radius 2 is 2.11 bits per heavy atom. The van der Waals surface area contributed by atoms with Crippen molar-refractivity contribution in [2.24, 2.45) is 0 Å². The highest BCUT2D eigenvalue weighted by Gasteiger charge is 2.08. The van der Waals surface area contributed by atoms with Crippen LogP contribution in [0.15, 0.2) is 36.4 Å². The number of halogens is 1. The van der Waals surface area contributed by atoms with E-state index in [1.807, 2.05) is 25.1 Å². The summed E-state index contributed by atoms with van der Waals surface area (Å²) in [5.41, 5.74) is 3.63. The number of hydrogen-bond acceptors (Lipinski definition) is 3. The van der Waals surface area contributed by atoms with Crippen LogP contribution in [-0.4, -0.2) is 9.91 Å². The van der Waals surface area contributed by atoms with Gasteiger partial charge in [0.1, 0.15) is 0 Å². The fraction of sp³-hybridized carbons (Fsp3) is 0.154. The number of alkyl halides is 1. The fourth-order valence-electron chi connectivity index (χ4n) is 1.67. The van der Waals surface area contributed by atoms with Gasteiger partial charge in [0.25, 0.3) is 5.69 Å². The van der Waals surface area contributed by atoms with Gasteiger partial charge in [0.15, 0.2) is 0 Å². The van der Waals surface area contributed by atoms with E-state index in [9.17, 15) is 10.1 Å². The molecule has 18 heavy (non-hydrogen) atoms. The molecule has 4 nitrogen and oxygen atoms in total. The first-order valence-corrected chi connectivity index (χ1v) is 6.51. The normalized spacial score (nSPS) is 10.3. The summed E-state index contributed by atoms with van der Waals surface area (Å²) in [6.07, 6.45) is 0. The van der Waals surface area contributed by atoms with Crippen molar-refractivity contribution in [2.75, 3.05) is 0 Å². The second-order valence-corrected chi connectivity index (χ2v) is 4.44. The van der Waals surface area contributed by atoms with Gasteiger partial charge >= 0.3 is 0 Å². The molecule has 0 N–H and O–H groups in total. The maximum atomic E-state index is 10.7. The lowest BCUT2D eigenvalue weighted by Gasteiger charge is -2.05. The van der Waals surface area contributed by atoms with E-state index < -0.39 is 4.92 Å². The standard InChI is InChI=1S/C13H11BrN2O2/c1-9-11(8-14)5-6-13(15-9)10-3-2-4-12(7-10)16(17)18/h2-7H,8H2,1H3. The summed E-state index contributed by atoms with van der Waals surface area (Å²) >= 11 is 3.39. The molecule has 0 radical (unpaired) electrons. The molecule has 0 atom stereocenters. The number of rotatable bonds is 3. The Morgan fingerprint density at radius 3 is 2.72 bits per heavy atom. The maximum absolute atomic E-state index is 10.7. The van der Waals surface area contributed by atoms with Gasteiger partial charge in [-0.25, -0.2) is 0 Å². The van der Waals surface area contributed by atoms with Crippen molar-refractivity contribution in [3.05, 3.63) is 57.8 Å². The topological polar surface area (TPSA) is 56.0 Å². The van der Waals surface area contributed by atoms with Crippen LogP contribution in [0.25, 0.3) is 11.3 Å². The summed E-state index contributed by atoms with van der Waals surface area (Å²) in [5, 5.41) is 11.5. The van der Waals surface area contributed by atoms with E-state index in [0.717, 1.165) is 27.8 Å². The first-order valence-electron chi connectivity index (χ1n) is 5.39. The highest BCUT2D eigenvalue weighted by Crippen LogP contribution is 2.23. The molecule has 0 bridgehead atoms. The molecule has 5 heteroatoms. The monoisotopic (exact) mass is 306 g/mol. The predicted molar refractivity (Wildman–Crippen MR) is 73.7 cm³/mol. The van der Waals surface area contributed by atoms with E-state index >= 15 is 0 Å². The zero-order valence-electron chi connectivity index (χ0n) is 9.76. The summed E-state index contributed by atoms with van der Waals surface area (Å²) in [6.45, 7) is 1.93. The van der Waals surface area contributed by atoms with Crippen molar-refractivity contribution in [1.82, 2.24) is 4.98 Å². The summed E-state index contributed by atoms with van der Waals surface area (Å²) in [5.74, 6) is 0. The van der Waals surface area contributed by atoms with Gasteiger partial charge in [-0.2, -0.15) is 0 Å². The Bertz CT molecular complexity index is 599. The van der Waals surface area contributed by atoms with Gasteiger partial charge < -0.3 is 0 Å². The minimum Gasteiger partial charge on any atom is -0.258 e. The van der Waals surface area contributed by atoms with E-state index in [0.29, 0.717) is 0 Å². The molecule has 0 fully saturated rings. The van der Waals surface area contributed by atoms with Crippen molar-refractivity contribution < 1.29 is 4.92 Å². The highest BCUT2D eigenvalue weighted by molar-refractivity contribution is 9.08. The lowest BCUT2D eigenvalue weighted by molar-refractivity contribution is -0.384. The number of benzene rings is 1. The second kappa shape index (κ2) is 5.27. The fourth-order valence-corrected chi connectivity index (χ4v) is 2.26. The molecule has 0 aliphatic carbocycles.